The molecule has 0 saturated carbocycles. The molecular weight excluding hydrogens is 454 g/mol. The maximum absolute atomic E-state index is 12.2. The number of aryl methyl sites for hydroxylation is 3. The lowest BCUT2D eigenvalue weighted by molar-refractivity contribution is -0.138. The van der Waals surface area contributed by atoms with Crippen LogP contribution in [0.3, 0.4) is 0 Å². The first-order valence-electron chi connectivity index (χ1n) is 12.7. The van der Waals surface area contributed by atoms with Gasteiger partial charge in [0.1, 0.15) is 6.04 Å². The summed E-state index contributed by atoms with van der Waals surface area (Å²) < 4.78 is 2.11. The number of carboxylic acids is 1. The zero-order valence-corrected chi connectivity index (χ0v) is 21.4. The number of rotatable bonds is 13. The molecule has 1 heterocycles. The van der Waals surface area contributed by atoms with Crippen LogP contribution in [0.25, 0.3) is 0 Å². The van der Waals surface area contributed by atoms with Crippen LogP contribution in [0.4, 0.5) is 10.5 Å². The second-order valence-corrected chi connectivity index (χ2v) is 9.70. The molecule has 7 heteroatoms. The van der Waals surface area contributed by atoms with Crippen molar-refractivity contribution < 1.29 is 19.8 Å². The van der Waals surface area contributed by atoms with E-state index in [2.05, 4.69) is 40.7 Å². The molecule has 0 bridgehead atoms. The topological polar surface area (TPSA) is 95.7 Å². The number of nitrogens with zero attached hydrogens (tertiary/aromatic N) is 3. The van der Waals surface area contributed by atoms with Crippen molar-refractivity contribution in [3.63, 3.8) is 0 Å². The number of amides is 1. The third kappa shape index (κ3) is 7.20. The molecule has 0 spiro atoms. The first-order chi connectivity index (χ1) is 17.3. The van der Waals surface area contributed by atoms with Crippen molar-refractivity contribution in [3.05, 3.63) is 83.4 Å². The number of hydrogen-bond acceptors (Lipinski definition) is 3. The summed E-state index contributed by atoms with van der Waals surface area (Å²) >= 11 is 0. The van der Waals surface area contributed by atoms with Gasteiger partial charge in [-0.15, -0.1) is 0 Å². The van der Waals surface area contributed by atoms with Gasteiger partial charge in [-0.2, -0.15) is 0 Å². The number of carbonyl (C=O) groups is 2. The van der Waals surface area contributed by atoms with Gasteiger partial charge in [-0.05, 0) is 60.8 Å². The van der Waals surface area contributed by atoms with Crippen molar-refractivity contribution in [1.82, 2.24) is 9.55 Å². The van der Waals surface area contributed by atoms with Crippen molar-refractivity contribution in [3.8, 4) is 0 Å². The van der Waals surface area contributed by atoms with Gasteiger partial charge in [0.25, 0.3) is 0 Å². The Labute approximate surface area is 213 Å². The normalized spacial score (nSPS) is 12.0. The van der Waals surface area contributed by atoms with Crippen LogP contribution in [-0.2, 0) is 30.6 Å². The molecular formula is C29H37N3O4. The Balaban J connectivity index is 1.77. The van der Waals surface area contributed by atoms with E-state index in [0.29, 0.717) is 25.1 Å². The molecule has 192 valence electrons. The number of para-hydroxylation sites is 1. The summed E-state index contributed by atoms with van der Waals surface area (Å²) in [7, 11) is 0. The molecule has 3 rings (SSSR count). The smallest absolute Gasteiger partial charge is 0.412 e. The van der Waals surface area contributed by atoms with Gasteiger partial charge in [-0.3, -0.25) is 4.90 Å². The first-order valence-corrected chi connectivity index (χ1v) is 12.7. The van der Waals surface area contributed by atoms with Crippen LogP contribution in [0.5, 0.6) is 0 Å². The van der Waals surface area contributed by atoms with E-state index in [0.717, 1.165) is 22.6 Å². The fourth-order valence-electron chi connectivity index (χ4n) is 4.48. The van der Waals surface area contributed by atoms with Crippen LogP contribution in [0.1, 0.15) is 62.4 Å². The van der Waals surface area contributed by atoms with Gasteiger partial charge in [-0.25, -0.2) is 14.6 Å². The minimum atomic E-state index is -1.26. The van der Waals surface area contributed by atoms with E-state index in [1.54, 1.807) is 12.1 Å². The number of hydrogen-bond donors (Lipinski definition) is 2. The number of aliphatic carboxylic acids is 1. The van der Waals surface area contributed by atoms with Crippen molar-refractivity contribution >= 4 is 17.7 Å². The van der Waals surface area contributed by atoms with Crippen LogP contribution in [-0.4, -0.2) is 37.9 Å². The summed E-state index contributed by atoms with van der Waals surface area (Å²) in [5, 5.41) is 19.8. The molecule has 2 N–H and O–H groups in total. The molecule has 2 aromatic carbocycles. The molecule has 1 amide bonds. The highest BCUT2D eigenvalue weighted by Crippen LogP contribution is 2.27. The third-order valence-electron chi connectivity index (χ3n) is 6.39. The Hall–Kier alpha value is -3.61. The van der Waals surface area contributed by atoms with Gasteiger partial charge >= 0.3 is 12.1 Å². The van der Waals surface area contributed by atoms with E-state index in [4.69, 9.17) is 0 Å². The predicted octanol–water partition coefficient (Wildman–Crippen LogP) is 6.04. The molecule has 1 aromatic heterocycles. The SMILES string of the molecule is CCCCc1ccc(Cn2cncc2CCc2ccccc2N(C(=O)O)C(CC(C)C)C(=O)O)cc1. The predicted molar refractivity (Wildman–Crippen MR) is 142 cm³/mol. The molecule has 7 nitrogen and oxygen atoms in total. The Morgan fingerprint density at radius 2 is 1.67 bits per heavy atom. The molecule has 0 saturated heterocycles. The minimum absolute atomic E-state index is 0.0372. The minimum Gasteiger partial charge on any atom is -0.480 e. The van der Waals surface area contributed by atoms with Gasteiger partial charge in [0, 0.05) is 18.4 Å². The van der Waals surface area contributed by atoms with Crippen molar-refractivity contribution in [2.24, 2.45) is 5.92 Å². The second-order valence-electron chi connectivity index (χ2n) is 9.70. The lowest BCUT2D eigenvalue weighted by Crippen LogP contribution is -2.46. The number of anilines is 1. The standard InChI is InChI=1S/C29H37N3O4/c1-4-5-8-22-11-13-23(14-12-22)19-31-20-30-18-25(31)16-15-24-9-6-7-10-26(24)32(29(35)36)27(28(33)34)17-21(2)3/h6-7,9-14,18,20-21,27H,4-5,8,15-17,19H2,1-3H3,(H,33,34)(H,35,36). The van der Waals surface area contributed by atoms with E-state index in [9.17, 15) is 19.8 Å². The van der Waals surface area contributed by atoms with Gasteiger partial charge < -0.3 is 14.8 Å². The number of imidazole rings is 1. The second kappa shape index (κ2) is 12.9. The maximum Gasteiger partial charge on any atom is 0.412 e. The molecule has 0 aliphatic heterocycles. The zero-order chi connectivity index (χ0) is 26.1. The Morgan fingerprint density at radius 1 is 0.972 bits per heavy atom. The summed E-state index contributed by atoms with van der Waals surface area (Å²) in [6, 6.07) is 14.7. The summed E-state index contributed by atoms with van der Waals surface area (Å²) in [5.41, 5.74) is 4.81. The third-order valence-corrected chi connectivity index (χ3v) is 6.39. The van der Waals surface area contributed by atoms with E-state index in [-0.39, 0.29) is 12.3 Å². The van der Waals surface area contributed by atoms with E-state index in [1.807, 2.05) is 38.5 Å². The molecule has 0 aliphatic carbocycles. The molecule has 36 heavy (non-hydrogen) atoms. The lowest BCUT2D eigenvalue weighted by atomic mass is 9.99. The first kappa shape index (κ1) is 27.0. The Morgan fingerprint density at radius 3 is 2.31 bits per heavy atom. The summed E-state index contributed by atoms with van der Waals surface area (Å²) in [6.45, 7) is 6.69. The van der Waals surface area contributed by atoms with Crippen LogP contribution < -0.4 is 4.90 Å². The highest BCUT2D eigenvalue weighted by Gasteiger charge is 2.32. The molecule has 0 fully saturated rings. The van der Waals surface area contributed by atoms with Crippen LogP contribution >= 0.6 is 0 Å². The Kier molecular flexibility index (Phi) is 9.68. The number of benzene rings is 2. The summed E-state index contributed by atoms with van der Waals surface area (Å²) in [6.07, 6.45) is 7.32. The Bertz CT molecular complexity index is 1140. The van der Waals surface area contributed by atoms with Gasteiger partial charge in [0.2, 0.25) is 0 Å². The van der Waals surface area contributed by atoms with E-state index in [1.165, 1.54) is 24.0 Å². The average Bonchev–Trinajstić information content (AvgIpc) is 3.28. The van der Waals surface area contributed by atoms with Crippen LogP contribution in [0, 0.1) is 5.92 Å². The maximum atomic E-state index is 12.2. The van der Waals surface area contributed by atoms with E-state index >= 15 is 0 Å². The van der Waals surface area contributed by atoms with Crippen molar-refractivity contribution in [2.75, 3.05) is 4.90 Å². The molecule has 0 radical (unpaired) electrons. The fourth-order valence-corrected chi connectivity index (χ4v) is 4.48. The van der Waals surface area contributed by atoms with Crippen molar-refractivity contribution in [1.29, 1.82) is 0 Å². The number of unbranched alkanes of at least 4 members (excludes halogenated alkanes) is 1. The fraction of sp³-hybridized carbons (Fsp3) is 0.414. The van der Waals surface area contributed by atoms with Crippen LogP contribution in [0.15, 0.2) is 61.1 Å². The highest BCUT2D eigenvalue weighted by molar-refractivity contribution is 5.95. The van der Waals surface area contributed by atoms with Crippen molar-refractivity contribution in [2.45, 2.75) is 71.9 Å². The monoisotopic (exact) mass is 491 g/mol. The molecule has 1 unspecified atom stereocenters. The summed E-state index contributed by atoms with van der Waals surface area (Å²) in [5.74, 6) is -1.10. The summed E-state index contributed by atoms with van der Waals surface area (Å²) in [4.78, 5) is 29.5. The molecule has 1 atom stereocenters. The van der Waals surface area contributed by atoms with Gasteiger partial charge in [0.05, 0.1) is 12.0 Å². The average molecular weight is 492 g/mol. The quantitative estimate of drug-likeness (QED) is 0.304. The van der Waals surface area contributed by atoms with Gasteiger partial charge in [0.15, 0.2) is 0 Å². The molecule has 0 aliphatic rings. The van der Waals surface area contributed by atoms with Gasteiger partial charge in [-0.1, -0.05) is 69.7 Å². The zero-order valence-electron chi connectivity index (χ0n) is 21.4. The molecule has 3 aromatic rings. The largest absolute Gasteiger partial charge is 0.480 e. The van der Waals surface area contributed by atoms with E-state index < -0.39 is 18.1 Å². The highest BCUT2D eigenvalue weighted by atomic mass is 16.4. The number of carboxylic acid groups (broad SMARTS) is 2. The number of aromatic nitrogens is 2. The lowest BCUT2D eigenvalue weighted by Gasteiger charge is -2.29. The van der Waals surface area contributed by atoms with Crippen LogP contribution in [0.2, 0.25) is 0 Å².